The van der Waals surface area contributed by atoms with E-state index in [1.165, 1.54) is 6.92 Å². The molecule has 0 spiro atoms. The lowest BCUT2D eigenvalue weighted by atomic mass is 9.89. The van der Waals surface area contributed by atoms with Crippen LogP contribution in [0.2, 0.25) is 0 Å². The van der Waals surface area contributed by atoms with E-state index in [1.807, 2.05) is 0 Å². The van der Waals surface area contributed by atoms with Crippen molar-refractivity contribution in [3.8, 4) is 0 Å². The summed E-state index contributed by atoms with van der Waals surface area (Å²) in [7, 11) is 0. The molecule has 0 aromatic heterocycles. The number of halogens is 5. The summed E-state index contributed by atoms with van der Waals surface area (Å²) in [6.45, 7) is 1.45. The van der Waals surface area contributed by atoms with Crippen molar-refractivity contribution in [2.24, 2.45) is 0 Å². The van der Waals surface area contributed by atoms with Crippen LogP contribution in [0, 0.1) is 0 Å². The molecule has 1 atom stereocenters. The van der Waals surface area contributed by atoms with E-state index in [4.69, 9.17) is 4.74 Å². The third kappa shape index (κ3) is 4.26. The van der Waals surface area contributed by atoms with Crippen molar-refractivity contribution in [1.29, 1.82) is 0 Å². The Labute approximate surface area is 140 Å². The summed E-state index contributed by atoms with van der Waals surface area (Å²) in [5.74, 6) is -3.78. The smallest absolute Gasteiger partial charge is 0.426 e. The van der Waals surface area contributed by atoms with E-state index in [-0.39, 0.29) is 18.7 Å². The van der Waals surface area contributed by atoms with Gasteiger partial charge < -0.3 is 10.1 Å². The number of allylic oxidation sites excluding steroid dienone is 4. The Hall–Kier alpha value is -2.19. The van der Waals surface area contributed by atoms with Crippen LogP contribution >= 0.6 is 0 Å². The molecule has 2 aliphatic rings. The standard InChI is InChI=1S/C16H16F5NO3/c1-2-25-14(24)11(8-22-9-3-4-9)13(23)10-5-6-15(18,7-12(10)17)16(19,20)21/h5-6,8-9,22H,2-4,7H2,1H3. The Morgan fingerprint density at radius 2 is 2.04 bits per heavy atom. The summed E-state index contributed by atoms with van der Waals surface area (Å²) in [4.78, 5) is 24.2. The second kappa shape index (κ2) is 6.97. The number of hydrogen-bond acceptors (Lipinski definition) is 4. The van der Waals surface area contributed by atoms with Gasteiger partial charge >= 0.3 is 12.1 Å². The lowest BCUT2D eigenvalue weighted by Crippen LogP contribution is -2.40. The Bertz CT molecular complexity index is 661. The lowest BCUT2D eigenvalue weighted by molar-refractivity contribution is -0.212. The molecule has 2 aliphatic carbocycles. The number of ketones is 1. The van der Waals surface area contributed by atoms with Crippen molar-refractivity contribution >= 4 is 11.8 Å². The van der Waals surface area contributed by atoms with Crippen molar-refractivity contribution in [2.75, 3.05) is 6.61 Å². The van der Waals surface area contributed by atoms with E-state index >= 15 is 0 Å². The van der Waals surface area contributed by atoms with Crippen LogP contribution in [0.25, 0.3) is 0 Å². The molecule has 25 heavy (non-hydrogen) atoms. The van der Waals surface area contributed by atoms with Gasteiger partial charge in [0.2, 0.25) is 11.5 Å². The first-order valence-electron chi connectivity index (χ1n) is 7.60. The number of rotatable bonds is 6. The van der Waals surface area contributed by atoms with Crippen LogP contribution in [0.3, 0.4) is 0 Å². The summed E-state index contributed by atoms with van der Waals surface area (Å²) in [5, 5.41) is 2.76. The zero-order valence-corrected chi connectivity index (χ0v) is 13.3. The molecule has 1 saturated carbocycles. The molecule has 0 bridgehead atoms. The van der Waals surface area contributed by atoms with Gasteiger partial charge in [-0.1, -0.05) is 0 Å². The van der Waals surface area contributed by atoms with Crippen LogP contribution in [-0.2, 0) is 14.3 Å². The molecule has 2 rings (SSSR count). The molecule has 1 unspecified atom stereocenters. The summed E-state index contributed by atoms with van der Waals surface area (Å²) in [6, 6.07) is 0.0710. The Morgan fingerprint density at radius 1 is 1.40 bits per heavy atom. The van der Waals surface area contributed by atoms with E-state index < -0.39 is 47.0 Å². The molecule has 0 saturated heterocycles. The van der Waals surface area contributed by atoms with Gasteiger partial charge in [0.05, 0.1) is 12.2 Å². The first-order valence-corrected chi connectivity index (χ1v) is 7.60. The van der Waals surface area contributed by atoms with E-state index in [1.54, 1.807) is 0 Å². The van der Waals surface area contributed by atoms with Gasteiger partial charge in [-0.3, -0.25) is 4.79 Å². The second-order valence-corrected chi connectivity index (χ2v) is 5.74. The molecule has 0 heterocycles. The Balaban J connectivity index is 2.27. The molecule has 0 aromatic carbocycles. The fourth-order valence-electron chi connectivity index (χ4n) is 2.10. The third-order valence-corrected chi connectivity index (χ3v) is 3.72. The molecule has 1 N–H and O–H groups in total. The zero-order chi connectivity index (χ0) is 18.8. The molecular formula is C16H16F5NO3. The van der Waals surface area contributed by atoms with Crippen LogP contribution in [0.1, 0.15) is 26.2 Å². The minimum atomic E-state index is -5.32. The number of ether oxygens (including phenoxy) is 1. The van der Waals surface area contributed by atoms with E-state index in [0.29, 0.717) is 6.08 Å². The molecule has 9 heteroatoms. The van der Waals surface area contributed by atoms with Gasteiger partial charge in [-0.05, 0) is 31.9 Å². The van der Waals surface area contributed by atoms with Gasteiger partial charge in [0, 0.05) is 18.7 Å². The summed E-state index contributed by atoms with van der Waals surface area (Å²) in [5.41, 5.74) is -5.24. The number of carbonyl (C=O) groups excluding carboxylic acids is 2. The highest BCUT2D eigenvalue weighted by molar-refractivity contribution is 6.25. The number of Topliss-reactive ketones (excluding diaryl/α,β-unsaturated/α-hetero) is 1. The Kier molecular flexibility index (Phi) is 5.34. The maximum atomic E-state index is 14.0. The predicted molar refractivity (Wildman–Crippen MR) is 77.7 cm³/mol. The molecule has 0 amide bonds. The van der Waals surface area contributed by atoms with E-state index in [9.17, 15) is 31.5 Å². The summed E-state index contributed by atoms with van der Waals surface area (Å²) in [6.07, 6.45) is -3.75. The van der Waals surface area contributed by atoms with Gasteiger partial charge in [-0.2, -0.15) is 13.2 Å². The maximum Gasteiger partial charge on any atom is 0.426 e. The predicted octanol–water partition coefficient (Wildman–Crippen LogP) is 3.21. The van der Waals surface area contributed by atoms with E-state index in [2.05, 4.69) is 5.32 Å². The first kappa shape index (κ1) is 19.1. The first-order chi connectivity index (χ1) is 11.6. The van der Waals surface area contributed by atoms with E-state index in [0.717, 1.165) is 19.0 Å². The largest absolute Gasteiger partial charge is 0.462 e. The highest BCUT2D eigenvalue weighted by atomic mass is 19.4. The van der Waals surface area contributed by atoms with Crippen LogP contribution < -0.4 is 5.32 Å². The molecule has 0 aliphatic heterocycles. The summed E-state index contributed by atoms with van der Waals surface area (Å²) >= 11 is 0. The molecule has 0 radical (unpaired) electrons. The van der Waals surface area contributed by atoms with Crippen LogP contribution in [0.15, 0.2) is 35.3 Å². The molecule has 0 aromatic rings. The average molecular weight is 365 g/mol. The Morgan fingerprint density at radius 3 is 2.52 bits per heavy atom. The third-order valence-electron chi connectivity index (χ3n) is 3.72. The highest BCUT2D eigenvalue weighted by Gasteiger charge is 2.56. The molecule has 4 nitrogen and oxygen atoms in total. The zero-order valence-electron chi connectivity index (χ0n) is 13.3. The number of carbonyl (C=O) groups is 2. The number of esters is 1. The van der Waals surface area contributed by atoms with Crippen molar-refractivity contribution in [3.05, 3.63) is 35.3 Å². The highest BCUT2D eigenvalue weighted by Crippen LogP contribution is 2.43. The summed E-state index contributed by atoms with van der Waals surface area (Å²) < 4.78 is 70.4. The monoisotopic (exact) mass is 365 g/mol. The molecule has 1 fully saturated rings. The molecule has 138 valence electrons. The fourth-order valence-corrected chi connectivity index (χ4v) is 2.10. The van der Waals surface area contributed by atoms with Gasteiger partial charge in [0.15, 0.2) is 0 Å². The number of alkyl halides is 4. The van der Waals surface area contributed by atoms with Crippen LogP contribution in [0.4, 0.5) is 22.0 Å². The van der Waals surface area contributed by atoms with Crippen LogP contribution in [-0.4, -0.2) is 36.2 Å². The lowest BCUT2D eigenvalue weighted by Gasteiger charge is -2.27. The van der Waals surface area contributed by atoms with Crippen molar-refractivity contribution < 1.29 is 36.3 Å². The minimum absolute atomic E-state index is 0.0497. The van der Waals surface area contributed by atoms with Crippen molar-refractivity contribution in [2.45, 2.75) is 44.1 Å². The average Bonchev–Trinajstić information content (AvgIpc) is 3.30. The number of nitrogens with one attached hydrogen (secondary N) is 1. The van der Waals surface area contributed by atoms with Gasteiger partial charge in [-0.15, -0.1) is 0 Å². The quantitative estimate of drug-likeness (QED) is 0.258. The molecular weight excluding hydrogens is 349 g/mol. The van der Waals surface area contributed by atoms with Crippen LogP contribution in [0.5, 0.6) is 0 Å². The van der Waals surface area contributed by atoms with Crippen molar-refractivity contribution in [1.82, 2.24) is 5.32 Å². The van der Waals surface area contributed by atoms with Gasteiger partial charge in [0.1, 0.15) is 11.4 Å². The SMILES string of the molecule is CCOC(=O)C(=CNC1CC1)C(=O)C1=C(F)CC(F)(C(F)(F)F)C=C1. The maximum absolute atomic E-state index is 14.0. The van der Waals surface area contributed by atoms with Crippen molar-refractivity contribution in [3.63, 3.8) is 0 Å². The fraction of sp³-hybridized carbons (Fsp3) is 0.500. The van der Waals surface area contributed by atoms with Gasteiger partial charge in [0.25, 0.3) is 0 Å². The topological polar surface area (TPSA) is 55.4 Å². The number of hydrogen-bond donors (Lipinski definition) is 1. The minimum Gasteiger partial charge on any atom is -0.462 e. The van der Waals surface area contributed by atoms with Gasteiger partial charge in [-0.25, -0.2) is 13.6 Å². The second-order valence-electron chi connectivity index (χ2n) is 5.74. The normalized spacial score (nSPS) is 24.3.